The van der Waals surface area contributed by atoms with E-state index in [4.69, 9.17) is 14.0 Å². The van der Waals surface area contributed by atoms with Gasteiger partial charge in [0.05, 0.1) is 12.8 Å². The standard InChI is InChI=1S/C26H27FN2O3/c1-5-29(16-17(2)3)22-14-9-18(15-24(22)30-4)25-21-7-6-8-23(26(21)32-28-25)31-20-12-10-19(27)11-13-20/h5,9-16,23H,1,6-8H2,2-4H3. The fourth-order valence-electron chi connectivity index (χ4n) is 3.97. The van der Waals surface area contributed by atoms with E-state index >= 15 is 0 Å². The summed E-state index contributed by atoms with van der Waals surface area (Å²) in [6.45, 7) is 7.97. The smallest absolute Gasteiger partial charge is 0.181 e. The summed E-state index contributed by atoms with van der Waals surface area (Å²) in [4.78, 5) is 1.93. The lowest BCUT2D eigenvalue weighted by molar-refractivity contribution is 0.144. The topological polar surface area (TPSA) is 47.7 Å². The molecular weight excluding hydrogens is 407 g/mol. The van der Waals surface area contributed by atoms with Gasteiger partial charge < -0.3 is 18.9 Å². The van der Waals surface area contributed by atoms with Crippen LogP contribution >= 0.6 is 0 Å². The summed E-state index contributed by atoms with van der Waals surface area (Å²) < 4.78 is 30.7. The monoisotopic (exact) mass is 434 g/mol. The van der Waals surface area contributed by atoms with Crippen molar-refractivity contribution in [1.29, 1.82) is 0 Å². The van der Waals surface area contributed by atoms with Gasteiger partial charge >= 0.3 is 0 Å². The van der Waals surface area contributed by atoms with Crippen LogP contribution in [0.5, 0.6) is 11.5 Å². The van der Waals surface area contributed by atoms with Crippen molar-refractivity contribution in [3.63, 3.8) is 0 Å². The lowest BCUT2D eigenvalue weighted by Crippen LogP contribution is -2.14. The Bertz CT molecular complexity index is 1130. The van der Waals surface area contributed by atoms with Gasteiger partial charge in [0.15, 0.2) is 11.9 Å². The predicted octanol–water partition coefficient (Wildman–Crippen LogP) is 6.82. The molecule has 6 heteroatoms. The van der Waals surface area contributed by atoms with Gasteiger partial charge in [-0.15, -0.1) is 0 Å². The Hall–Kier alpha value is -3.54. The Kier molecular flexibility index (Phi) is 6.30. The SMILES string of the molecule is C=CN(C=C(C)C)c1ccc(-c2noc3c2CCCC3Oc2ccc(F)cc2)cc1OC. The fraction of sp³-hybridized carbons (Fsp3) is 0.269. The summed E-state index contributed by atoms with van der Waals surface area (Å²) in [5.41, 5.74) is 4.79. The molecule has 0 fully saturated rings. The zero-order chi connectivity index (χ0) is 22.7. The van der Waals surface area contributed by atoms with E-state index in [1.165, 1.54) is 12.1 Å². The van der Waals surface area contributed by atoms with Gasteiger partial charge in [-0.1, -0.05) is 23.4 Å². The summed E-state index contributed by atoms with van der Waals surface area (Å²) in [6, 6.07) is 12.0. The average molecular weight is 435 g/mol. The lowest BCUT2D eigenvalue weighted by Gasteiger charge is -2.22. The normalized spacial score (nSPS) is 14.9. The summed E-state index contributed by atoms with van der Waals surface area (Å²) in [5, 5.41) is 4.38. The molecule has 0 N–H and O–H groups in total. The van der Waals surface area contributed by atoms with Crippen LogP contribution in [0.25, 0.3) is 11.3 Å². The fourth-order valence-corrected chi connectivity index (χ4v) is 3.97. The molecule has 0 spiro atoms. The Balaban J connectivity index is 1.65. The molecule has 0 amide bonds. The number of anilines is 1. The third-order valence-electron chi connectivity index (χ3n) is 5.42. The van der Waals surface area contributed by atoms with Crippen molar-refractivity contribution < 1.29 is 18.4 Å². The molecule has 0 saturated heterocycles. The second-order valence-corrected chi connectivity index (χ2v) is 8.01. The minimum atomic E-state index is -0.291. The first-order chi connectivity index (χ1) is 15.5. The van der Waals surface area contributed by atoms with E-state index in [-0.39, 0.29) is 11.9 Å². The van der Waals surface area contributed by atoms with E-state index < -0.39 is 0 Å². The van der Waals surface area contributed by atoms with Crippen LogP contribution < -0.4 is 14.4 Å². The van der Waals surface area contributed by atoms with E-state index in [2.05, 4.69) is 11.7 Å². The number of aromatic nitrogens is 1. The predicted molar refractivity (Wildman–Crippen MR) is 123 cm³/mol. The van der Waals surface area contributed by atoms with Crippen LogP contribution in [0.2, 0.25) is 0 Å². The van der Waals surface area contributed by atoms with Gasteiger partial charge in [-0.25, -0.2) is 4.39 Å². The number of rotatable bonds is 7. The molecule has 0 radical (unpaired) electrons. The molecule has 1 heterocycles. The molecule has 1 aliphatic rings. The van der Waals surface area contributed by atoms with Crippen molar-refractivity contribution >= 4 is 5.69 Å². The highest BCUT2D eigenvalue weighted by Crippen LogP contribution is 2.41. The Morgan fingerprint density at radius 2 is 2.00 bits per heavy atom. The first kappa shape index (κ1) is 21.7. The Labute approximate surface area is 187 Å². The quantitative estimate of drug-likeness (QED) is 0.408. The van der Waals surface area contributed by atoms with Crippen molar-refractivity contribution in [2.24, 2.45) is 0 Å². The molecule has 0 saturated carbocycles. The maximum Gasteiger partial charge on any atom is 0.181 e. The number of benzene rings is 2. The first-order valence-corrected chi connectivity index (χ1v) is 10.6. The van der Waals surface area contributed by atoms with Crippen LogP contribution in [0.3, 0.4) is 0 Å². The molecule has 0 aliphatic heterocycles. The van der Waals surface area contributed by atoms with E-state index in [0.29, 0.717) is 11.5 Å². The summed E-state index contributed by atoms with van der Waals surface area (Å²) >= 11 is 0. The molecule has 1 unspecified atom stereocenters. The number of nitrogens with zero attached hydrogens (tertiary/aromatic N) is 2. The summed E-state index contributed by atoms with van der Waals surface area (Å²) in [7, 11) is 1.65. The minimum Gasteiger partial charge on any atom is -0.495 e. The zero-order valence-electron chi connectivity index (χ0n) is 18.6. The molecule has 3 aromatic rings. The van der Waals surface area contributed by atoms with E-state index in [0.717, 1.165) is 53.1 Å². The minimum absolute atomic E-state index is 0.249. The maximum absolute atomic E-state index is 13.2. The van der Waals surface area contributed by atoms with Crippen molar-refractivity contribution in [2.75, 3.05) is 12.0 Å². The third kappa shape index (κ3) is 4.40. The second kappa shape index (κ2) is 9.30. The number of halogens is 1. The van der Waals surface area contributed by atoms with Crippen molar-refractivity contribution in [3.05, 3.63) is 84.2 Å². The molecule has 1 atom stereocenters. The van der Waals surface area contributed by atoms with Crippen LogP contribution in [0, 0.1) is 5.82 Å². The Morgan fingerprint density at radius 1 is 1.22 bits per heavy atom. The number of methoxy groups -OCH3 is 1. The third-order valence-corrected chi connectivity index (χ3v) is 5.42. The number of allylic oxidation sites excluding steroid dienone is 1. The Morgan fingerprint density at radius 3 is 2.69 bits per heavy atom. The summed E-state index contributed by atoms with van der Waals surface area (Å²) in [5.74, 6) is 1.76. The molecule has 32 heavy (non-hydrogen) atoms. The zero-order valence-corrected chi connectivity index (χ0v) is 18.6. The summed E-state index contributed by atoms with van der Waals surface area (Å²) in [6.07, 6.45) is 6.13. The van der Waals surface area contributed by atoms with E-state index in [9.17, 15) is 4.39 Å². The van der Waals surface area contributed by atoms with Crippen LogP contribution in [0.1, 0.15) is 44.1 Å². The highest BCUT2D eigenvalue weighted by atomic mass is 19.1. The highest BCUT2D eigenvalue weighted by molar-refractivity contribution is 5.73. The molecular formula is C26H27FN2O3. The van der Waals surface area contributed by atoms with Crippen LogP contribution in [-0.2, 0) is 6.42 Å². The van der Waals surface area contributed by atoms with Crippen molar-refractivity contribution in [2.45, 2.75) is 39.2 Å². The van der Waals surface area contributed by atoms with Gasteiger partial charge in [0.1, 0.15) is 23.0 Å². The van der Waals surface area contributed by atoms with Gasteiger partial charge in [-0.3, -0.25) is 0 Å². The molecule has 0 bridgehead atoms. The molecule has 2 aromatic carbocycles. The second-order valence-electron chi connectivity index (χ2n) is 8.01. The molecule has 4 rings (SSSR count). The van der Waals surface area contributed by atoms with Gasteiger partial charge in [-0.05, 0) is 69.5 Å². The van der Waals surface area contributed by atoms with Crippen LogP contribution in [0.15, 0.2) is 71.5 Å². The van der Waals surface area contributed by atoms with Gasteiger partial charge in [-0.2, -0.15) is 0 Å². The number of ether oxygens (including phenoxy) is 2. The van der Waals surface area contributed by atoms with Crippen LogP contribution in [0.4, 0.5) is 10.1 Å². The maximum atomic E-state index is 13.2. The van der Waals surface area contributed by atoms with E-state index in [1.807, 2.05) is 43.1 Å². The number of hydrogen-bond donors (Lipinski definition) is 0. The highest BCUT2D eigenvalue weighted by Gasteiger charge is 2.30. The van der Waals surface area contributed by atoms with Gasteiger partial charge in [0, 0.05) is 23.5 Å². The molecule has 166 valence electrons. The molecule has 1 aliphatic carbocycles. The lowest BCUT2D eigenvalue weighted by atomic mass is 9.92. The van der Waals surface area contributed by atoms with E-state index in [1.54, 1.807) is 25.4 Å². The average Bonchev–Trinajstić information content (AvgIpc) is 3.24. The van der Waals surface area contributed by atoms with Gasteiger partial charge in [0.2, 0.25) is 0 Å². The molecule has 1 aromatic heterocycles. The largest absolute Gasteiger partial charge is 0.495 e. The van der Waals surface area contributed by atoms with Crippen LogP contribution in [-0.4, -0.2) is 12.3 Å². The number of fused-ring (bicyclic) bond motifs is 1. The number of hydrogen-bond acceptors (Lipinski definition) is 5. The van der Waals surface area contributed by atoms with Gasteiger partial charge in [0.25, 0.3) is 0 Å². The van der Waals surface area contributed by atoms with Crippen molar-refractivity contribution in [1.82, 2.24) is 5.16 Å². The molecule has 5 nitrogen and oxygen atoms in total. The van der Waals surface area contributed by atoms with Crippen molar-refractivity contribution in [3.8, 4) is 22.8 Å². The first-order valence-electron chi connectivity index (χ1n) is 10.6.